The zero-order chi connectivity index (χ0) is 44.9. The Morgan fingerprint density at radius 1 is 0.328 bits per heavy atom. The second kappa shape index (κ2) is 15.4. The van der Waals surface area contributed by atoms with E-state index in [2.05, 4.69) is 53.1 Å². The maximum Gasteiger partial charge on any atom is 0.166 e. The van der Waals surface area contributed by atoms with Gasteiger partial charge in [0.25, 0.3) is 0 Å². The van der Waals surface area contributed by atoms with Crippen LogP contribution < -0.4 is 0 Å². The van der Waals surface area contributed by atoms with Gasteiger partial charge in [-0.25, -0.2) is 24.9 Å². The Bertz CT molecular complexity index is 3560. The number of fused-ring (bicyclic) bond motifs is 3. The lowest BCUT2D eigenvalue weighted by Crippen LogP contribution is -2.04. The number of nitrogens with zero attached hydrogens (tertiary/aromatic N) is 6. The van der Waals surface area contributed by atoms with E-state index in [1.165, 1.54) is 0 Å². The number of para-hydroxylation sites is 1. The molecule has 61 heavy (non-hydrogen) atoms. The fourth-order valence-electron chi connectivity index (χ4n) is 7.86. The van der Waals surface area contributed by atoms with Gasteiger partial charge in [0.05, 0.1) is 35.0 Å². The number of aromatic nitrogens is 6. The Morgan fingerprint density at radius 3 is 1.49 bits per heavy atom. The molecule has 0 N–H and O–H groups in total. The molecule has 3 heterocycles. The van der Waals surface area contributed by atoms with Crippen molar-refractivity contribution in [2.75, 3.05) is 0 Å². The van der Waals surface area contributed by atoms with Gasteiger partial charge in [-0.1, -0.05) is 176 Å². The average Bonchev–Trinajstić information content (AvgIpc) is 3.71. The largest absolute Gasteiger partial charge is 0.309 e. The molecule has 6 heteroatoms. The highest BCUT2D eigenvalue weighted by molar-refractivity contribution is 6.11. The molecule has 0 aliphatic rings. The molecular weight excluding hydrogens is 745 g/mol. The first-order valence-corrected chi connectivity index (χ1v) is 19.9. The maximum absolute atomic E-state index is 8.90. The third kappa shape index (κ3) is 6.82. The second-order valence-electron chi connectivity index (χ2n) is 14.5. The fourth-order valence-corrected chi connectivity index (χ4v) is 7.86. The molecule has 0 bridgehead atoms. The maximum atomic E-state index is 8.90. The van der Waals surface area contributed by atoms with Gasteiger partial charge in [0.1, 0.15) is 0 Å². The van der Waals surface area contributed by atoms with E-state index in [4.69, 9.17) is 31.8 Å². The molecule has 0 aliphatic heterocycles. The number of rotatable bonds is 8. The summed E-state index contributed by atoms with van der Waals surface area (Å²) in [4.78, 5) is 25.5. The summed E-state index contributed by atoms with van der Waals surface area (Å²) in [5.74, 6) is 1.69. The van der Waals surface area contributed by atoms with E-state index in [9.17, 15) is 0 Å². The summed E-state index contributed by atoms with van der Waals surface area (Å²) in [7, 11) is 0. The van der Waals surface area contributed by atoms with Crippen LogP contribution in [-0.2, 0) is 0 Å². The van der Waals surface area contributed by atoms with Crippen LogP contribution in [0.4, 0.5) is 0 Å². The van der Waals surface area contributed by atoms with Crippen LogP contribution >= 0.6 is 0 Å². The molecule has 0 spiro atoms. The lowest BCUT2D eigenvalue weighted by molar-refractivity contribution is 1.06. The van der Waals surface area contributed by atoms with Crippen molar-refractivity contribution in [3.05, 3.63) is 218 Å². The molecule has 0 radical (unpaired) electrons. The first-order valence-electron chi connectivity index (χ1n) is 22.4. The van der Waals surface area contributed by atoms with E-state index < -0.39 is 18.1 Å². The predicted molar refractivity (Wildman–Crippen MR) is 248 cm³/mol. The highest BCUT2D eigenvalue weighted by atomic mass is 15.1. The lowest BCUT2D eigenvalue weighted by atomic mass is 10.0. The van der Waals surface area contributed by atoms with Gasteiger partial charge < -0.3 is 4.57 Å². The Morgan fingerprint density at radius 2 is 0.836 bits per heavy atom. The first kappa shape index (κ1) is 30.7. The van der Waals surface area contributed by atoms with E-state index in [-0.39, 0.29) is 29.2 Å². The van der Waals surface area contributed by atoms with Crippen LogP contribution in [-0.4, -0.2) is 29.5 Å². The summed E-state index contributed by atoms with van der Waals surface area (Å²) in [6.45, 7) is 0. The fraction of sp³-hybridized carbons (Fsp3) is 0. The highest BCUT2D eigenvalue weighted by Crippen LogP contribution is 2.40. The highest BCUT2D eigenvalue weighted by Gasteiger charge is 2.22. The molecular formula is C55H36N6. The molecule has 0 saturated carbocycles. The first-order chi connectivity index (χ1) is 32.3. The van der Waals surface area contributed by atoms with E-state index in [0.29, 0.717) is 34.3 Å². The van der Waals surface area contributed by atoms with Crippen LogP contribution in [0.1, 0.15) is 6.85 Å². The Kier molecular flexibility index (Phi) is 7.77. The van der Waals surface area contributed by atoms with E-state index in [1.807, 2.05) is 133 Å². The minimum atomic E-state index is -0.477. The smallest absolute Gasteiger partial charge is 0.166 e. The van der Waals surface area contributed by atoms with Crippen molar-refractivity contribution >= 4 is 21.8 Å². The standard InChI is InChI=1S/C55H36N6/c1-6-18-37(19-7-1)42-30-32-50-45(34-42)44-28-16-17-29-49(44)61(50)51-33-31-43(54-56-47(38-20-8-2-9-21-38)36-48(57-54)39-22-10-3-11-23-39)35-46(51)55-59-52(40-24-12-4-13-25-40)58-53(60-55)41-26-14-5-15-27-41/h1-36H/i2D,8D,9D,20D,21D. The van der Waals surface area contributed by atoms with E-state index in [1.54, 1.807) is 6.07 Å². The minimum Gasteiger partial charge on any atom is -0.309 e. The van der Waals surface area contributed by atoms with Gasteiger partial charge in [-0.3, -0.25) is 0 Å². The lowest BCUT2D eigenvalue weighted by Gasteiger charge is -2.16. The monoisotopic (exact) mass is 785 g/mol. The summed E-state index contributed by atoms with van der Waals surface area (Å²) >= 11 is 0. The van der Waals surface area contributed by atoms with Crippen LogP contribution in [0.25, 0.3) is 107 Å². The van der Waals surface area contributed by atoms with E-state index >= 15 is 0 Å². The molecule has 6 nitrogen and oxygen atoms in total. The molecule has 0 amide bonds. The molecule has 8 aromatic carbocycles. The van der Waals surface area contributed by atoms with Crippen molar-refractivity contribution in [1.82, 2.24) is 29.5 Å². The van der Waals surface area contributed by atoms with Crippen molar-refractivity contribution in [3.8, 4) is 84.9 Å². The summed E-state index contributed by atoms with van der Waals surface area (Å²) in [6, 6.07) is 60.0. The number of hydrogen-bond acceptors (Lipinski definition) is 5. The second-order valence-corrected chi connectivity index (χ2v) is 14.5. The van der Waals surface area contributed by atoms with Gasteiger partial charge in [-0.05, 0) is 53.6 Å². The minimum absolute atomic E-state index is 0.0173. The molecule has 0 atom stereocenters. The molecule has 11 aromatic rings. The third-order valence-corrected chi connectivity index (χ3v) is 10.8. The van der Waals surface area contributed by atoms with Crippen molar-refractivity contribution in [2.24, 2.45) is 0 Å². The van der Waals surface area contributed by atoms with Gasteiger partial charge in [0.2, 0.25) is 0 Å². The Hall–Kier alpha value is -8.35. The van der Waals surface area contributed by atoms with Crippen LogP contribution in [0.5, 0.6) is 0 Å². The zero-order valence-electron chi connectivity index (χ0n) is 37.6. The third-order valence-electron chi connectivity index (χ3n) is 10.8. The summed E-state index contributed by atoms with van der Waals surface area (Å²) in [5, 5.41) is 2.16. The summed E-state index contributed by atoms with van der Waals surface area (Å²) < 4.78 is 45.3. The van der Waals surface area contributed by atoms with Gasteiger partial charge in [-0.2, -0.15) is 0 Å². The molecule has 0 unspecified atom stereocenters. The van der Waals surface area contributed by atoms with Crippen LogP contribution in [0, 0.1) is 0 Å². The van der Waals surface area contributed by atoms with E-state index in [0.717, 1.165) is 55.3 Å². The van der Waals surface area contributed by atoms with Crippen molar-refractivity contribution in [3.63, 3.8) is 0 Å². The van der Waals surface area contributed by atoms with Crippen LogP contribution in [0.2, 0.25) is 0 Å². The van der Waals surface area contributed by atoms with Gasteiger partial charge >= 0.3 is 0 Å². The van der Waals surface area contributed by atoms with Gasteiger partial charge in [0, 0.05) is 44.2 Å². The molecule has 11 rings (SSSR count). The number of benzene rings is 8. The number of hydrogen-bond donors (Lipinski definition) is 0. The Labute approximate surface area is 360 Å². The van der Waals surface area contributed by atoms with Crippen molar-refractivity contribution in [2.45, 2.75) is 0 Å². The Balaban J connectivity index is 1.21. The quantitative estimate of drug-likeness (QED) is 0.153. The van der Waals surface area contributed by atoms with Gasteiger partial charge in [0.15, 0.2) is 23.3 Å². The van der Waals surface area contributed by atoms with Gasteiger partial charge in [-0.15, -0.1) is 0 Å². The van der Waals surface area contributed by atoms with Crippen molar-refractivity contribution < 1.29 is 6.85 Å². The van der Waals surface area contributed by atoms with Crippen LogP contribution in [0.3, 0.4) is 0 Å². The van der Waals surface area contributed by atoms with Crippen LogP contribution in [0.15, 0.2) is 218 Å². The average molecular weight is 786 g/mol. The molecule has 0 saturated heterocycles. The molecule has 0 aliphatic carbocycles. The summed E-state index contributed by atoms with van der Waals surface area (Å²) in [5.41, 5.74) is 9.35. The normalized spacial score (nSPS) is 12.4. The summed E-state index contributed by atoms with van der Waals surface area (Å²) in [6.07, 6.45) is 0. The molecule has 0 fully saturated rings. The topological polar surface area (TPSA) is 69.4 Å². The van der Waals surface area contributed by atoms with Crippen molar-refractivity contribution in [1.29, 1.82) is 0 Å². The SMILES string of the molecule is [2H]c1c([2H])c([2H])c(-c2cc(-c3ccccc3)nc(-c3ccc(-n4c5ccccc5c5cc(-c6ccccc6)ccc54)c(-c4nc(-c5ccccc5)nc(-c5ccccc5)n4)c3)n2)c([2H])c1[2H]. The predicted octanol–water partition coefficient (Wildman–Crippen LogP) is 13.4. The molecule has 286 valence electrons. The molecule has 3 aromatic heterocycles. The zero-order valence-corrected chi connectivity index (χ0v) is 32.6.